The predicted molar refractivity (Wildman–Crippen MR) is 219 cm³/mol. The van der Waals surface area contributed by atoms with E-state index in [-0.39, 0.29) is 37.5 Å². The van der Waals surface area contributed by atoms with Crippen molar-refractivity contribution in [2.24, 2.45) is 0 Å². The standard InChI is InChI=1S/C46H80O6/c1-4-7-10-13-16-19-21-23-25-27-30-33-36-39-45(48)51-42-43(41-50-44(47)38-35-32-29-26-18-15-12-9-6-3)52-46(49)40-37-34-31-28-24-22-20-17-14-11-8-5-2/h7,10,16,19,23,25,30,33,43H,4-6,8-9,11-15,17-18,20-22,24,26-29,31-32,34-42H2,1-3H3/b10-7-,19-16-,25-23-,33-30-. The number of carbonyl (C=O) groups excluding carboxylic acids is 3. The van der Waals surface area contributed by atoms with E-state index in [0.29, 0.717) is 19.3 Å². The highest BCUT2D eigenvalue weighted by atomic mass is 16.6. The molecule has 300 valence electrons. The van der Waals surface area contributed by atoms with E-state index in [1.54, 1.807) is 0 Å². The average molecular weight is 729 g/mol. The third-order valence-electron chi connectivity index (χ3n) is 9.11. The van der Waals surface area contributed by atoms with Crippen molar-refractivity contribution in [3.05, 3.63) is 48.6 Å². The van der Waals surface area contributed by atoms with Crippen LogP contribution in [0.15, 0.2) is 48.6 Å². The number of ether oxygens (including phenoxy) is 3. The van der Waals surface area contributed by atoms with Crippen LogP contribution < -0.4 is 0 Å². The fourth-order valence-corrected chi connectivity index (χ4v) is 5.87. The molecule has 0 aromatic rings. The van der Waals surface area contributed by atoms with Gasteiger partial charge in [0.2, 0.25) is 0 Å². The molecule has 0 aromatic carbocycles. The van der Waals surface area contributed by atoms with E-state index in [0.717, 1.165) is 64.2 Å². The molecule has 1 atom stereocenters. The minimum absolute atomic E-state index is 0.0927. The summed E-state index contributed by atoms with van der Waals surface area (Å²) in [5.41, 5.74) is 0. The van der Waals surface area contributed by atoms with Crippen molar-refractivity contribution in [2.75, 3.05) is 13.2 Å². The Labute approximate surface area is 320 Å². The molecule has 0 fully saturated rings. The summed E-state index contributed by atoms with van der Waals surface area (Å²) in [6.07, 6.45) is 46.8. The van der Waals surface area contributed by atoms with Crippen LogP contribution in [0.5, 0.6) is 0 Å². The zero-order chi connectivity index (χ0) is 38.0. The fraction of sp³-hybridized carbons (Fsp3) is 0.761. The molecule has 6 nitrogen and oxygen atoms in total. The molecule has 0 N–H and O–H groups in total. The summed E-state index contributed by atoms with van der Waals surface area (Å²) in [4.78, 5) is 37.5. The highest BCUT2D eigenvalue weighted by molar-refractivity contribution is 5.71. The van der Waals surface area contributed by atoms with E-state index in [4.69, 9.17) is 14.2 Å². The van der Waals surface area contributed by atoms with E-state index in [9.17, 15) is 14.4 Å². The molecular weight excluding hydrogens is 648 g/mol. The Morgan fingerprint density at radius 3 is 1.17 bits per heavy atom. The first kappa shape index (κ1) is 49.4. The van der Waals surface area contributed by atoms with Crippen LogP contribution in [0.3, 0.4) is 0 Å². The van der Waals surface area contributed by atoms with Gasteiger partial charge in [0.15, 0.2) is 6.10 Å². The van der Waals surface area contributed by atoms with Crippen LogP contribution in [0.1, 0.15) is 207 Å². The minimum Gasteiger partial charge on any atom is -0.462 e. The Kier molecular flexibility index (Phi) is 39.1. The van der Waals surface area contributed by atoms with Crippen molar-refractivity contribution in [3.8, 4) is 0 Å². The summed E-state index contributed by atoms with van der Waals surface area (Å²) in [5.74, 6) is -0.982. The van der Waals surface area contributed by atoms with Crippen LogP contribution in [0, 0.1) is 0 Å². The molecule has 0 radical (unpaired) electrons. The number of hydrogen-bond donors (Lipinski definition) is 0. The Morgan fingerprint density at radius 1 is 0.404 bits per heavy atom. The molecular formula is C46H80O6. The summed E-state index contributed by atoms with van der Waals surface area (Å²) in [7, 11) is 0. The summed E-state index contributed by atoms with van der Waals surface area (Å²) in [6.45, 7) is 6.42. The van der Waals surface area contributed by atoms with Gasteiger partial charge in [-0.15, -0.1) is 0 Å². The Balaban J connectivity index is 4.46. The van der Waals surface area contributed by atoms with E-state index in [2.05, 4.69) is 57.2 Å². The first-order valence-corrected chi connectivity index (χ1v) is 21.6. The molecule has 0 aliphatic carbocycles. The highest BCUT2D eigenvalue weighted by Gasteiger charge is 2.19. The molecule has 0 aromatic heterocycles. The second-order valence-electron chi connectivity index (χ2n) is 14.2. The number of hydrogen-bond acceptors (Lipinski definition) is 6. The van der Waals surface area contributed by atoms with Gasteiger partial charge in [-0.1, -0.05) is 191 Å². The van der Waals surface area contributed by atoms with Gasteiger partial charge >= 0.3 is 17.9 Å². The van der Waals surface area contributed by atoms with Crippen LogP contribution in [-0.2, 0) is 28.6 Å². The van der Waals surface area contributed by atoms with Crippen LogP contribution in [0.2, 0.25) is 0 Å². The Bertz CT molecular complexity index is 933. The predicted octanol–water partition coefficient (Wildman–Crippen LogP) is 13.6. The van der Waals surface area contributed by atoms with Crippen LogP contribution >= 0.6 is 0 Å². The molecule has 52 heavy (non-hydrogen) atoms. The van der Waals surface area contributed by atoms with Crippen molar-refractivity contribution < 1.29 is 28.6 Å². The monoisotopic (exact) mass is 729 g/mol. The van der Waals surface area contributed by atoms with Gasteiger partial charge in [0, 0.05) is 19.3 Å². The van der Waals surface area contributed by atoms with Crippen molar-refractivity contribution in [3.63, 3.8) is 0 Å². The summed E-state index contributed by atoms with van der Waals surface area (Å²) < 4.78 is 16.6. The molecule has 1 unspecified atom stereocenters. The lowest BCUT2D eigenvalue weighted by Gasteiger charge is -2.18. The Morgan fingerprint density at radius 2 is 0.750 bits per heavy atom. The quantitative estimate of drug-likeness (QED) is 0.0272. The number of carbonyl (C=O) groups is 3. The lowest BCUT2D eigenvalue weighted by molar-refractivity contribution is -0.166. The fourth-order valence-electron chi connectivity index (χ4n) is 5.87. The number of esters is 3. The van der Waals surface area contributed by atoms with Gasteiger partial charge in [0.05, 0.1) is 0 Å². The molecule has 0 bridgehead atoms. The van der Waals surface area contributed by atoms with Crippen molar-refractivity contribution in [2.45, 2.75) is 213 Å². The minimum atomic E-state index is -0.793. The number of allylic oxidation sites excluding steroid dienone is 8. The lowest BCUT2D eigenvalue weighted by atomic mass is 10.0. The third kappa shape index (κ3) is 38.6. The van der Waals surface area contributed by atoms with E-state index < -0.39 is 6.10 Å². The normalized spacial score (nSPS) is 12.4. The Hall–Kier alpha value is -2.63. The summed E-state index contributed by atoms with van der Waals surface area (Å²) >= 11 is 0. The molecule has 0 aliphatic heterocycles. The maximum absolute atomic E-state index is 12.7. The second kappa shape index (κ2) is 41.1. The van der Waals surface area contributed by atoms with Gasteiger partial charge in [-0.05, 0) is 44.9 Å². The molecule has 0 spiro atoms. The van der Waals surface area contributed by atoms with Gasteiger partial charge in [-0.25, -0.2) is 0 Å². The van der Waals surface area contributed by atoms with E-state index in [1.165, 1.54) is 96.3 Å². The van der Waals surface area contributed by atoms with Gasteiger partial charge in [0.25, 0.3) is 0 Å². The van der Waals surface area contributed by atoms with Crippen molar-refractivity contribution in [1.29, 1.82) is 0 Å². The van der Waals surface area contributed by atoms with E-state index in [1.807, 2.05) is 12.2 Å². The first-order chi connectivity index (χ1) is 25.5. The van der Waals surface area contributed by atoms with Crippen LogP contribution in [0.4, 0.5) is 0 Å². The maximum atomic E-state index is 12.7. The molecule has 0 saturated heterocycles. The summed E-state index contributed by atoms with van der Waals surface area (Å²) in [6, 6.07) is 0. The number of unbranched alkanes of at least 4 members (excludes halogenated alkanes) is 19. The first-order valence-electron chi connectivity index (χ1n) is 21.6. The zero-order valence-corrected chi connectivity index (χ0v) is 34.1. The van der Waals surface area contributed by atoms with Crippen molar-refractivity contribution >= 4 is 17.9 Å². The third-order valence-corrected chi connectivity index (χ3v) is 9.11. The maximum Gasteiger partial charge on any atom is 0.306 e. The largest absolute Gasteiger partial charge is 0.462 e. The molecule has 0 rings (SSSR count). The molecule has 0 heterocycles. The van der Waals surface area contributed by atoms with Gasteiger partial charge in [-0.2, -0.15) is 0 Å². The number of rotatable bonds is 38. The smallest absolute Gasteiger partial charge is 0.306 e. The van der Waals surface area contributed by atoms with Crippen LogP contribution in [0.25, 0.3) is 0 Å². The zero-order valence-electron chi connectivity index (χ0n) is 34.1. The average Bonchev–Trinajstić information content (AvgIpc) is 3.14. The lowest BCUT2D eigenvalue weighted by Crippen LogP contribution is -2.30. The van der Waals surface area contributed by atoms with Gasteiger partial charge in [-0.3, -0.25) is 14.4 Å². The highest BCUT2D eigenvalue weighted by Crippen LogP contribution is 2.14. The topological polar surface area (TPSA) is 78.9 Å². The van der Waals surface area contributed by atoms with Gasteiger partial charge in [0.1, 0.15) is 13.2 Å². The van der Waals surface area contributed by atoms with E-state index >= 15 is 0 Å². The van der Waals surface area contributed by atoms with Gasteiger partial charge < -0.3 is 14.2 Å². The molecule has 0 aliphatic rings. The van der Waals surface area contributed by atoms with Crippen molar-refractivity contribution in [1.82, 2.24) is 0 Å². The molecule has 0 amide bonds. The van der Waals surface area contributed by atoms with Crippen LogP contribution in [-0.4, -0.2) is 37.2 Å². The molecule has 6 heteroatoms. The molecule has 0 saturated carbocycles. The second-order valence-corrected chi connectivity index (χ2v) is 14.2. The SMILES string of the molecule is CC/C=C\C/C=C\C/C=C\C/C=C\CCC(=O)OCC(COC(=O)CCCCCCCCCCC)OC(=O)CCCCCCCCCCCCCC. The summed E-state index contributed by atoms with van der Waals surface area (Å²) in [5, 5.41) is 0.